The molecule has 0 spiro atoms. The van der Waals surface area contributed by atoms with Crippen molar-refractivity contribution in [1.82, 2.24) is 4.90 Å². The van der Waals surface area contributed by atoms with Gasteiger partial charge in [0.1, 0.15) is 5.60 Å². The molecule has 122 valence electrons. The van der Waals surface area contributed by atoms with Crippen molar-refractivity contribution in [2.45, 2.75) is 51.7 Å². The van der Waals surface area contributed by atoms with Gasteiger partial charge in [-0.15, -0.1) is 0 Å². The Morgan fingerprint density at radius 2 is 1.67 bits per heavy atom. The molecule has 2 rings (SSSR count). The predicted octanol–water partition coefficient (Wildman–Crippen LogP) is 2.00. The van der Waals surface area contributed by atoms with Gasteiger partial charge in [-0.2, -0.15) is 8.42 Å². The van der Waals surface area contributed by atoms with E-state index in [1.165, 1.54) is 0 Å². The van der Waals surface area contributed by atoms with Crippen LogP contribution in [-0.4, -0.2) is 50.5 Å². The van der Waals surface area contributed by atoms with Gasteiger partial charge in [0.25, 0.3) is 10.1 Å². The summed E-state index contributed by atoms with van der Waals surface area (Å²) in [6, 6.07) is 0. The fourth-order valence-electron chi connectivity index (χ4n) is 3.22. The highest BCUT2D eigenvalue weighted by molar-refractivity contribution is 7.86. The summed E-state index contributed by atoms with van der Waals surface area (Å²) in [5.74, 6) is 0.138. The van der Waals surface area contributed by atoms with E-state index in [-0.39, 0.29) is 24.0 Å². The molecule has 2 unspecified atom stereocenters. The molecule has 1 aliphatic heterocycles. The fourth-order valence-corrected chi connectivity index (χ4v) is 3.94. The van der Waals surface area contributed by atoms with Gasteiger partial charge in [0.05, 0.1) is 12.4 Å². The Kier molecular flexibility index (Phi) is 4.54. The molecule has 0 N–H and O–H groups in total. The van der Waals surface area contributed by atoms with Gasteiger partial charge in [-0.3, -0.25) is 4.18 Å². The molecule has 1 heterocycles. The Labute approximate surface area is 126 Å². The largest absolute Gasteiger partial charge is 0.444 e. The predicted molar refractivity (Wildman–Crippen MR) is 78.4 cm³/mol. The molecule has 7 heteroatoms. The highest BCUT2D eigenvalue weighted by Crippen LogP contribution is 2.38. The third kappa shape index (κ3) is 4.57. The Hall–Kier alpha value is -0.820. The lowest BCUT2D eigenvalue weighted by Gasteiger charge is -2.46. The Bertz CT molecular complexity index is 482. The minimum atomic E-state index is -3.47. The molecule has 0 aromatic carbocycles. The number of carbonyl (C=O) groups is 1. The molecule has 6 nitrogen and oxygen atoms in total. The molecule has 1 saturated heterocycles. The van der Waals surface area contributed by atoms with Gasteiger partial charge in [-0.25, -0.2) is 4.79 Å². The fraction of sp³-hybridized carbons (Fsp3) is 0.929. The van der Waals surface area contributed by atoms with Gasteiger partial charge in [-0.05, 0) is 33.6 Å². The maximum absolute atomic E-state index is 12.2. The van der Waals surface area contributed by atoms with Gasteiger partial charge in [0.15, 0.2) is 0 Å². The Balaban J connectivity index is 2.06. The summed E-state index contributed by atoms with van der Waals surface area (Å²) < 4.78 is 33.5. The summed E-state index contributed by atoms with van der Waals surface area (Å²) >= 11 is 0. The normalized spacial score (nSPS) is 30.1. The lowest BCUT2D eigenvalue weighted by molar-refractivity contribution is -0.0423. The second-order valence-electron chi connectivity index (χ2n) is 7.10. The van der Waals surface area contributed by atoms with E-state index in [0.717, 1.165) is 25.5 Å². The van der Waals surface area contributed by atoms with Crippen molar-refractivity contribution in [3.05, 3.63) is 0 Å². The van der Waals surface area contributed by atoms with Crippen molar-refractivity contribution in [2.24, 2.45) is 11.8 Å². The topological polar surface area (TPSA) is 72.9 Å². The summed E-state index contributed by atoms with van der Waals surface area (Å²) in [5, 5.41) is 0. The zero-order valence-electron chi connectivity index (χ0n) is 13.2. The number of hydrogen-bond donors (Lipinski definition) is 0. The zero-order chi connectivity index (χ0) is 15.8. The van der Waals surface area contributed by atoms with E-state index in [1.807, 2.05) is 20.8 Å². The van der Waals surface area contributed by atoms with Crippen molar-refractivity contribution >= 4 is 16.2 Å². The van der Waals surface area contributed by atoms with Crippen molar-refractivity contribution < 1.29 is 22.1 Å². The molecule has 2 aliphatic rings. The van der Waals surface area contributed by atoms with E-state index >= 15 is 0 Å². The summed E-state index contributed by atoms with van der Waals surface area (Å²) in [6.07, 6.45) is 3.29. The van der Waals surface area contributed by atoms with E-state index in [2.05, 4.69) is 0 Å². The lowest BCUT2D eigenvalue weighted by atomic mass is 9.75. The van der Waals surface area contributed by atoms with Crippen molar-refractivity contribution in [3.63, 3.8) is 0 Å². The molecule has 1 saturated carbocycles. The molecular weight excluding hydrogens is 294 g/mol. The number of amides is 1. The number of carbonyl (C=O) groups excluding carboxylic acids is 1. The van der Waals surface area contributed by atoms with Crippen LogP contribution in [-0.2, 0) is 19.0 Å². The third-order valence-corrected chi connectivity index (χ3v) is 4.50. The second kappa shape index (κ2) is 5.76. The monoisotopic (exact) mass is 319 g/mol. The average molecular weight is 319 g/mol. The van der Waals surface area contributed by atoms with Crippen LogP contribution >= 0.6 is 0 Å². The first-order valence-corrected chi connectivity index (χ1v) is 9.23. The number of nitrogens with zero attached hydrogens (tertiary/aromatic N) is 1. The Morgan fingerprint density at radius 3 is 2.10 bits per heavy atom. The molecule has 0 aromatic rings. The third-order valence-electron chi connectivity index (χ3n) is 3.93. The van der Waals surface area contributed by atoms with Crippen LogP contribution in [0, 0.1) is 11.8 Å². The highest BCUT2D eigenvalue weighted by Gasteiger charge is 2.44. The number of ether oxygens (including phenoxy) is 1. The number of rotatable bonds is 2. The van der Waals surface area contributed by atoms with Crippen LogP contribution in [0.4, 0.5) is 4.79 Å². The van der Waals surface area contributed by atoms with Crippen molar-refractivity contribution in [1.29, 1.82) is 0 Å². The van der Waals surface area contributed by atoms with Crippen LogP contribution < -0.4 is 0 Å². The molecule has 2 bridgehead atoms. The summed E-state index contributed by atoms with van der Waals surface area (Å²) in [4.78, 5) is 13.9. The first-order valence-electron chi connectivity index (χ1n) is 7.41. The van der Waals surface area contributed by atoms with E-state index in [1.54, 1.807) is 4.90 Å². The van der Waals surface area contributed by atoms with Crippen LogP contribution in [0.2, 0.25) is 0 Å². The number of fused-ring (bicyclic) bond motifs is 2. The van der Waals surface area contributed by atoms with Crippen molar-refractivity contribution in [3.8, 4) is 0 Å². The van der Waals surface area contributed by atoms with Crippen LogP contribution in [0.25, 0.3) is 0 Å². The second-order valence-corrected chi connectivity index (χ2v) is 8.70. The quantitative estimate of drug-likeness (QED) is 0.728. The summed E-state index contributed by atoms with van der Waals surface area (Å²) in [5.41, 5.74) is -0.522. The van der Waals surface area contributed by atoms with E-state index in [0.29, 0.717) is 13.1 Å². The maximum Gasteiger partial charge on any atom is 0.410 e. The number of piperidine rings is 1. The molecule has 0 aromatic heterocycles. The van der Waals surface area contributed by atoms with Gasteiger partial charge < -0.3 is 9.64 Å². The minimum absolute atomic E-state index is 0.0692. The zero-order valence-corrected chi connectivity index (χ0v) is 14.0. The SMILES string of the molecule is CC(C)(C)OC(=O)N1CC2CCCC(C1)C2OS(C)(=O)=O. The molecule has 1 aliphatic carbocycles. The number of hydrogen-bond acceptors (Lipinski definition) is 5. The maximum atomic E-state index is 12.2. The van der Waals surface area contributed by atoms with Gasteiger partial charge >= 0.3 is 6.09 Å². The van der Waals surface area contributed by atoms with Gasteiger partial charge in [0, 0.05) is 24.9 Å². The minimum Gasteiger partial charge on any atom is -0.444 e. The van der Waals surface area contributed by atoms with E-state index < -0.39 is 15.7 Å². The van der Waals surface area contributed by atoms with Gasteiger partial charge in [0.2, 0.25) is 0 Å². The van der Waals surface area contributed by atoms with E-state index in [9.17, 15) is 13.2 Å². The van der Waals surface area contributed by atoms with Crippen LogP contribution in [0.1, 0.15) is 40.0 Å². The first kappa shape index (κ1) is 16.5. The van der Waals surface area contributed by atoms with E-state index in [4.69, 9.17) is 8.92 Å². The highest BCUT2D eigenvalue weighted by atomic mass is 32.2. The molecule has 0 radical (unpaired) electrons. The number of likely N-dealkylation sites (tertiary alicyclic amines) is 1. The Morgan fingerprint density at radius 1 is 1.14 bits per heavy atom. The van der Waals surface area contributed by atoms with Gasteiger partial charge in [-0.1, -0.05) is 6.42 Å². The molecular formula is C14H25NO5S. The van der Waals surface area contributed by atoms with Crippen molar-refractivity contribution in [2.75, 3.05) is 19.3 Å². The molecule has 2 atom stereocenters. The van der Waals surface area contributed by atoms with Crippen LogP contribution in [0.3, 0.4) is 0 Å². The average Bonchev–Trinajstić information content (AvgIpc) is 2.23. The summed E-state index contributed by atoms with van der Waals surface area (Å²) in [7, 11) is -3.47. The first-order chi connectivity index (χ1) is 9.55. The van der Waals surface area contributed by atoms with Crippen LogP contribution in [0.5, 0.6) is 0 Å². The summed E-state index contributed by atoms with van der Waals surface area (Å²) in [6.45, 7) is 6.53. The smallest absolute Gasteiger partial charge is 0.410 e. The lowest BCUT2D eigenvalue weighted by Crippen LogP contribution is -2.55. The van der Waals surface area contributed by atoms with Crippen LogP contribution in [0.15, 0.2) is 0 Å². The molecule has 1 amide bonds. The molecule has 21 heavy (non-hydrogen) atoms. The molecule has 2 fully saturated rings. The standard InChI is InChI=1S/C14H25NO5S/c1-14(2,3)19-13(16)15-8-10-6-5-7-11(9-15)12(10)20-21(4,17)18/h10-12H,5-9H2,1-4H3.